The first-order valence-corrected chi connectivity index (χ1v) is 13.0. The van der Waals surface area contributed by atoms with Crippen molar-refractivity contribution in [2.45, 2.75) is 92.9 Å². The van der Waals surface area contributed by atoms with E-state index in [9.17, 15) is 20.1 Å². The summed E-state index contributed by atoms with van der Waals surface area (Å²) in [6, 6.07) is -0.687. The van der Waals surface area contributed by atoms with Gasteiger partial charge in [0.05, 0.1) is 12.1 Å². The third-order valence-corrected chi connectivity index (χ3v) is 8.79. The summed E-state index contributed by atoms with van der Waals surface area (Å²) in [6.45, 7) is 3.56. The molecule has 2 unspecified atom stereocenters. The van der Waals surface area contributed by atoms with Crippen molar-refractivity contribution in [2.75, 3.05) is 26.4 Å². The van der Waals surface area contributed by atoms with Crippen LogP contribution in [0.5, 0.6) is 0 Å². The van der Waals surface area contributed by atoms with E-state index in [0.29, 0.717) is 12.5 Å². The van der Waals surface area contributed by atoms with E-state index in [4.69, 9.17) is 4.74 Å². The molecule has 0 aromatic heterocycles. The molecule has 5 aliphatic rings. The lowest BCUT2D eigenvalue weighted by molar-refractivity contribution is -0.205. The lowest BCUT2D eigenvalue weighted by atomic mass is 9.50. The number of hydrogen-bond donors (Lipinski definition) is 5. The molecule has 5 N–H and O–H groups in total. The maximum Gasteiger partial charge on any atom is 0.237 e. The highest BCUT2D eigenvalue weighted by molar-refractivity contribution is 7.99. The summed E-state index contributed by atoms with van der Waals surface area (Å²) in [7, 11) is 1.99. The van der Waals surface area contributed by atoms with Crippen LogP contribution in [0.15, 0.2) is 0 Å². The molecule has 5 fully saturated rings. The van der Waals surface area contributed by atoms with Gasteiger partial charge in [-0.1, -0.05) is 13.3 Å². The molecule has 5 rings (SSSR count). The van der Waals surface area contributed by atoms with Crippen LogP contribution in [0.1, 0.15) is 45.4 Å². The molecule has 1 amide bonds. The van der Waals surface area contributed by atoms with Crippen LogP contribution in [0.25, 0.3) is 0 Å². The smallest absolute Gasteiger partial charge is 0.237 e. The van der Waals surface area contributed by atoms with Crippen LogP contribution in [0.3, 0.4) is 0 Å². The van der Waals surface area contributed by atoms with Crippen LogP contribution >= 0.6 is 11.8 Å². The number of likely N-dealkylation sites (tertiary alicyclic amines) is 1. The first kappa shape index (κ1) is 23.7. The van der Waals surface area contributed by atoms with Crippen LogP contribution in [-0.2, 0) is 9.53 Å². The zero-order valence-electron chi connectivity index (χ0n) is 18.9. The summed E-state index contributed by atoms with van der Waals surface area (Å²) >= 11 is 1.29. The SMILES string of the molecule is CCC[C@@H]1C[C@@H](C(=O)N[C@@H](CNC23CC(C2)C3)[C@H]2OC(SC)[C@H](O)[C@H](O)C2O)N(C)C1. The zero-order valence-corrected chi connectivity index (χ0v) is 19.7. The molecule has 0 spiro atoms. The largest absolute Gasteiger partial charge is 0.388 e. The Kier molecular flexibility index (Phi) is 7.23. The van der Waals surface area contributed by atoms with Crippen LogP contribution in [0.4, 0.5) is 0 Å². The molecular weight excluding hydrogens is 418 g/mol. The van der Waals surface area contributed by atoms with Gasteiger partial charge < -0.3 is 30.7 Å². The van der Waals surface area contributed by atoms with Crippen molar-refractivity contribution >= 4 is 17.7 Å². The average molecular weight is 458 g/mol. The summed E-state index contributed by atoms with van der Waals surface area (Å²) in [6.07, 6.45) is 3.82. The monoisotopic (exact) mass is 457 g/mol. The summed E-state index contributed by atoms with van der Waals surface area (Å²) in [5, 5.41) is 38.1. The Morgan fingerprint density at radius 2 is 1.94 bits per heavy atom. The highest BCUT2D eigenvalue weighted by Gasteiger charge is 2.57. The number of aliphatic hydroxyl groups excluding tert-OH is 3. The first-order valence-electron chi connectivity index (χ1n) is 11.7. The maximum absolute atomic E-state index is 13.2. The molecule has 8 nitrogen and oxygen atoms in total. The minimum atomic E-state index is -1.31. The normalized spacial score (nSPS) is 45.6. The van der Waals surface area contributed by atoms with Gasteiger partial charge in [-0.15, -0.1) is 11.8 Å². The van der Waals surface area contributed by atoms with Gasteiger partial charge in [-0.3, -0.25) is 9.69 Å². The Bertz CT molecular complexity index is 636. The molecule has 0 aromatic rings. The van der Waals surface area contributed by atoms with E-state index in [1.54, 1.807) is 6.26 Å². The molecule has 2 bridgehead atoms. The molecule has 2 aliphatic heterocycles. The highest BCUT2D eigenvalue weighted by atomic mass is 32.2. The number of carbonyl (C=O) groups excluding carboxylic acids is 1. The highest BCUT2D eigenvalue weighted by Crippen LogP contribution is 2.56. The summed E-state index contributed by atoms with van der Waals surface area (Å²) in [5.41, 5.74) is -0.485. The Morgan fingerprint density at radius 1 is 1.23 bits per heavy atom. The van der Waals surface area contributed by atoms with E-state index in [2.05, 4.69) is 22.5 Å². The molecule has 9 heteroatoms. The van der Waals surface area contributed by atoms with Crippen LogP contribution in [0, 0.1) is 11.8 Å². The van der Waals surface area contributed by atoms with E-state index < -0.39 is 35.9 Å². The Morgan fingerprint density at radius 3 is 2.52 bits per heavy atom. The number of amides is 1. The number of nitrogens with one attached hydrogen (secondary N) is 2. The van der Waals surface area contributed by atoms with E-state index >= 15 is 0 Å². The molecule has 3 aliphatic carbocycles. The summed E-state index contributed by atoms with van der Waals surface area (Å²) in [4.78, 5) is 15.4. The van der Waals surface area contributed by atoms with Crippen molar-refractivity contribution in [3.05, 3.63) is 0 Å². The Balaban J connectivity index is 1.45. The van der Waals surface area contributed by atoms with Crippen molar-refractivity contribution in [1.82, 2.24) is 15.5 Å². The zero-order chi connectivity index (χ0) is 22.3. The quantitative estimate of drug-likeness (QED) is 0.326. The van der Waals surface area contributed by atoms with Crippen molar-refractivity contribution in [3.63, 3.8) is 0 Å². The van der Waals surface area contributed by atoms with Gasteiger partial charge in [0.25, 0.3) is 0 Å². The molecule has 3 saturated carbocycles. The molecule has 0 aromatic carbocycles. The molecule has 31 heavy (non-hydrogen) atoms. The third kappa shape index (κ3) is 4.65. The van der Waals surface area contributed by atoms with E-state index in [-0.39, 0.29) is 17.5 Å². The Labute approximate surface area is 189 Å². The van der Waals surface area contributed by atoms with Crippen molar-refractivity contribution in [1.29, 1.82) is 0 Å². The minimum Gasteiger partial charge on any atom is -0.388 e. The number of nitrogens with zero attached hydrogens (tertiary/aromatic N) is 1. The number of thioether (sulfide) groups is 1. The third-order valence-electron chi connectivity index (χ3n) is 7.93. The van der Waals surface area contributed by atoms with Crippen molar-refractivity contribution in [2.24, 2.45) is 11.8 Å². The predicted octanol–water partition coefficient (Wildman–Crippen LogP) is -0.0957. The van der Waals surface area contributed by atoms with E-state index in [0.717, 1.165) is 31.7 Å². The number of aliphatic hydroxyl groups is 3. The van der Waals surface area contributed by atoms with Crippen molar-refractivity contribution in [3.8, 4) is 0 Å². The fourth-order valence-corrected chi connectivity index (χ4v) is 6.66. The molecule has 2 heterocycles. The lowest BCUT2D eigenvalue weighted by Gasteiger charge is -2.62. The van der Waals surface area contributed by atoms with Crippen LogP contribution in [-0.4, -0.2) is 100.0 Å². The van der Waals surface area contributed by atoms with Gasteiger partial charge in [0.2, 0.25) is 5.91 Å². The van der Waals surface area contributed by atoms with Gasteiger partial charge in [0.1, 0.15) is 29.9 Å². The van der Waals surface area contributed by atoms with Gasteiger partial charge in [-0.05, 0) is 57.2 Å². The number of hydrogen-bond acceptors (Lipinski definition) is 8. The minimum absolute atomic E-state index is 0.0531. The molecule has 178 valence electrons. The van der Waals surface area contributed by atoms with Gasteiger partial charge in [0, 0.05) is 18.6 Å². The number of ether oxygens (including phenoxy) is 1. The fourth-order valence-electron chi connectivity index (χ4n) is 5.98. The van der Waals surface area contributed by atoms with Gasteiger partial charge in [0.15, 0.2) is 0 Å². The molecular formula is C22H39N3O5S. The topological polar surface area (TPSA) is 114 Å². The van der Waals surface area contributed by atoms with E-state index in [1.807, 2.05) is 7.05 Å². The van der Waals surface area contributed by atoms with E-state index in [1.165, 1.54) is 31.0 Å². The second-order valence-electron chi connectivity index (χ2n) is 10.3. The number of likely N-dealkylation sites (N-methyl/N-ethyl adjacent to an activating group) is 1. The summed E-state index contributed by atoms with van der Waals surface area (Å²) < 4.78 is 6.01. The van der Waals surface area contributed by atoms with Gasteiger partial charge in [-0.25, -0.2) is 0 Å². The molecule has 2 saturated heterocycles. The average Bonchev–Trinajstić information content (AvgIpc) is 3.04. The standard InChI is InChI=1S/C22H39N3O5S/c1-4-5-12-6-15(25(2)11-12)20(29)24-14(10-23-22-7-13(8-22)9-22)19-17(27)16(26)18(28)21(30-19)31-3/h12-19,21,23,26-28H,4-11H2,1-3H3,(H,24,29)/t12-,13?,14+,15+,16-,17?,18-,19-,21?,22?/m1/s1. The Hall–Kier alpha value is -0.420. The second kappa shape index (κ2) is 9.44. The predicted molar refractivity (Wildman–Crippen MR) is 120 cm³/mol. The second-order valence-corrected chi connectivity index (χ2v) is 11.2. The van der Waals surface area contributed by atoms with Gasteiger partial charge >= 0.3 is 0 Å². The first-order chi connectivity index (χ1) is 14.8. The van der Waals surface area contributed by atoms with Crippen LogP contribution < -0.4 is 10.6 Å². The number of rotatable bonds is 9. The number of carbonyl (C=O) groups is 1. The maximum atomic E-state index is 13.2. The molecule has 8 atom stereocenters. The summed E-state index contributed by atoms with van der Waals surface area (Å²) in [5.74, 6) is 1.30. The lowest BCUT2D eigenvalue weighted by Crippen LogP contribution is -2.71. The van der Waals surface area contributed by atoms with Crippen LogP contribution in [0.2, 0.25) is 0 Å². The molecule has 0 radical (unpaired) electrons. The van der Waals surface area contributed by atoms with Gasteiger partial charge in [-0.2, -0.15) is 0 Å². The van der Waals surface area contributed by atoms with Crippen molar-refractivity contribution < 1.29 is 24.9 Å². The fraction of sp³-hybridized carbons (Fsp3) is 0.955.